The predicted molar refractivity (Wildman–Crippen MR) is 63.3 cm³/mol. The number of hydrogen-bond donors (Lipinski definition) is 4. The molecule has 0 saturated heterocycles. The zero-order valence-corrected chi connectivity index (χ0v) is 9.43. The number of urea groups is 1. The normalized spacial score (nSPS) is 11.6. The van der Waals surface area contributed by atoms with Gasteiger partial charge >= 0.3 is 12.0 Å². The lowest BCUT2D eigenvalue weighted by molar-refractivity contribution is -0.138. The Balaban J connectivity index is 2.38. The van der Waals surface area contributed by atoms with Crippen molar-refractivity contribution >= 4 is 17.7 Å². The van der Waals surface area contributed by atoms with Crippen LogP contribution in [0.25, 0.3) is 0 Å². The second kappa shape index (κ2) is 5.74. The van der Waals surface area contributed by atoms with Gasteiger partial charge < -0.3 is 21.5 Å². The summed E-state index contributed by atoms with van der Waals surface area (Å²) < 4.78 is 0. The molecule has 1 rings (SSSR count). The van der Waals surface area contributed by atoms with Crippen LogP contribution in [0.1, 0.15) is 12.5 Å². The van der Waals surface area contributed by atoms with E-state index in [4.69, 9.17) is 10.8 Å². The van der Waals surface area contributed by atoms with Crippen LogP contribution in [0, 0.1) is 0 Å². The van der Waals surface area contributed by atoms with Gasteiger partial charge in [0.15, 0.2) is 0 Å². The van der Waals surface area contributed by atoms with E-state index in [0.29, 0.717) is 12.2 Å². The van der Waals surface area contributed by atoms with Crippen molar-refractivity contribution in [1.29, 1.82) is 0 Å². The summed E-state index contributed by atoms with van der Waals surface area (Å²) in [7, 11) is 0. The average Bonchev–Trinajstić information content (AvgIpc) is 2.28. The fourth-order valence-corrected chi connectivity index (χ4v) is 1.13. The van der Waals surface area contributed by atoms with Crippen LogP contribution >= 0.6 is 0 Å². The van der Waals surface area contributed by atoms with Crippen molar-refractivity contribution in [1.82, 2.24) is 10.6 Å². The lowest BCUT2D eigenvalue weighted by atomic mass is 10.2. The summed E-state index contributed by atoms with van der Waals surface area (Å²) >= 11 is 0. The summed E-state index contributed by atoms with van der Waals surface area (Å²) in [5, 5.41) is 13.4. The second-order valence-electron chi connectivity index (χ2n) is 3.63. The summed E-state index contributed by atoms with van der Waals surface area (Å²) in [6, 6.07) is 5.61. The Morgan fingerprint density at radius 1 is 1.35 bits per heavy atom. The van der Waals surface area contributed by atoms with E-state index in [9.17, 15) is 9.59 Å². The maximum absolute atomic E-state index is 11.3. The second-order valence-corrected chi connectivity index (χ2v) is 3.63. The molecule has 0 aliphatic carbocycles. The van der Waals surface area contributed by atoms with Gasteiger partial charge in [-0.05, 0) is 24.6 Å². The summed E-state index contributed by atoms with van der Waals surface area (Å²) in [6.45, 7) is 1.71. The zero-order chi connectivity index (χ0) is 12.8. The van der Waals surface area contributed by atoms with Gasteiger partial charge in [-0.15, -0.1) is 0 Å². The molecule has 0 heterocycles. The number of rotatable bonds is 4. The van der Waals surface area contributed by atoms with Gasteiger partial charge in [-0.25, -0.2) is 4.79 Å². The van der Waals surface area contributed by atoms with Crippen LogP contribution in [0.5, 0.6) is 0 Å². The molecule has 1 atom stereocenters. The Kier molecular flexibility index (Phi) is 4.33. The number of aliphatic carboxylic acids is 1. The fourth-order valence-electron chi connectivity index (χ4n) is 1.13. The lowest BCUT2D eigenvalue weighted by Crippen LogP contribution is -2.44. The third-order valence-corrected chi connectivity index (χ3v) is 2.15. The highest BCUT2D eigenvalue weighted by atomic mass is 16.4. The van der Waals surface area contributed by atoms with Gasteiger partial charge in [0.25, 0.3) is 0 Å². The highest BCUT2D eigenvalue weighted by molar-refractivity contribution is 5.82. The molecule has 0 aromatic heterocycles. The molecule has 0 fully saturated rings. The van der Waals surface area contributed by atoms with Crippen molar-refractivity contribution in [3.8, 4) is 0 Å². The molecular weight excluding hydrogens is 222 g/mol. The molecule has 5 N–H and O–H groups in total. The number of anilines is 1. The number of carboxylic acid groups (broad SMARTS) is 1. The van der Waals surface area contributed by atoms with Gasteiger partial charge in [0.1, 0.15) is 6.04 Å². The number of nitrogens with two attached hydrogens (primary N) is 1. The quantitative estimate of drug-likeness (QED) is 0.574. The number of nitrogens with one attached hydrogen (secondary N) is 2. The monoisotopic (exact) mass is 237 g/mol. The smallest absolute Gasteiger partial charge is 0.325 e. The van der Waals surface area contributed by atoms with Crippen molar-refractivity contribution in [3.05, 3.63) is 29.8 Å². The number of hydrogen-bond acceptors (Lipinski definition) is 3. The SMILES string of the molecule is CC(NC(=O)NCc1ccc(N)cc1)C(=O)O. The van der Waals surface area contributed by atoms with Crippen LogP contribution in [0.4, 0.5) is 10.5 Å². The van der Waals surface area contributed by atoms with E-state index in [2.05, 4.69) is 10.6 Å². The Labute approximate surface area is 98.8 Å². The largest absolute Gasteiger partial charge is 0.480 e. The molecule has 0 radical (unpaired) electrons. The molecule has 92 valence electrons. The zero-order valence-electron chi connectivity index (χ0n) is 9.43. The molecule has 0 spiro atoms. The number of carbonyl (C=O) groups excluding carboxylic acids is 1. The maximum Gasteiger partial charge on any atom is 0.325 e. The van der Waals surface area contributed by atoms with Gasteiger partial charge in [0.05, 0.1) is 0 Å². The highest BCUT2D eigenvalue weighted by Crippen LogP contribution is 2.04. The Bertz CT molecular complexity index is 403. The van der Waals surface area contributed by atoms with Crippen LogP contribution in [0.15, 0.2) is 24.3 Å². The summed E-state index contributed by atoms with van der Waals surface area (Å²) in [5.74, 6) is -1.08. The third kappa shape index (κ3) is 4.42. The van der Waals surface area contributed by atoms with E-state index in [1.54, 1.807) is 24.3 Å². The number of nitrogen functional groups attached to an aromatic ring is 1. The number of amides is 2. The summed E-state index contributed by atoms with van der Waals surface area (Å²) in [6.07, 6.45) is 0. The van der Waals surface area contributed by atoms with Crippen LogP contribution in [0.2, 0.25) is 0 Å². The van der Waals surface area contributed by atoms with E-state index < -0.39 is 18.0 Å². The van der Waals surface area contributed by atoms with Gasteiger partial charge in [0, 0.05) is 12.2 Å². The van der Waals surface area contributed by atoms with E-state index in [1.165, 1.54) is 6.92 Å². The molecule has 6 heteroatoms. The molecule has 1 aromatic rings. The standard InChI is InChI=1S/C11H15N3O3/c1-7(10(15)16)14-11(17)13-6-8-2-4-9(12)5-3-8/h2-5,7H,6,12H2,1H3,(H,15,16)(H2,13,14,17). The first-order valence-corrected chi connectivity index (χ1v) is 5.10. The van der Waals surface area contributed by atoms with Gasteiger partial charge in [-0.3, -0.25) is 4.79 Å². The molecule has 2 amide bonds. The molecule has 0 aliphatic heterocycles. The van der Waals surface area contributed by atoms with Gasteiger partial charge in [0.2, 0.25) is 0 Å². The van der Waals surface area contributed by atoms with Crippen LogP contribution < -0.4 is 16.4 Å². The molecule has 6 nitrogen and oxygen atoms in total. The number of carbonyl (C=O) groups is 2. The minimum absolute atomic E-state index is 0.318. The third-order valence-electron chi connectivity index (χ3n) is 2.15. The molecular formula is C11H15N3O3. The van der Waals surface area contributed by atoms with E-state index in [1.807, 2.05) is 0 Å². The first-order chi connectivity index (χ1) is 7.99. The topological polar surface area (TPSA) is 104 Å². The number of carboxylic acids is 1. The molecule has 1 unspecified atom stereocenters. The van der Waals surface area contributed by atoms with Crippen molar-refractivity contribution in [2.45, 2.75) is 19.5 Å². The van der Waals surface area contributed by atoms with E-state index >= 15 is 0 Å². The maximum atomic E-state index is 11.3. The van der Waals surface area contributed by atoms with Crippen LogP contribution in [0.3, 0.4) is 0 Å². The van der Waals surface area contributed by atoms with E-state index in [-0.39, 0.29) is 0 Å². The molecule has 17 heavy (non-hydrogen) atoms. The van der Waals surface area contributed by atoms with Gasteiger partial charge in [-0.2, -0.15) is 0 Å². The minimum atomic E-state index is -1.08. The van der Waals surface area contributed by atoms with Crippen molar-refractivity contribution in [3.63, 3.8) is 0 Å². The Hall–Kier alpha value is -2.24. The lowest BCUT2D eigenvalue weighted by Gasteiger charge is -2.10. The van der Waals surface area contributed by atoms with E-state index in [0.717, 1.165) is 5.56 Å². The highest BCUT2D eigenvalue weighted by Gasteiger charge is 2.12. The first kappa shape index (κ1) is 12.8. The molecule has 1 aromatic carbocycles. The number of benzene rings is 1. The van der Waals surface area contributed by atoms with Crippen molar-refractivity contribution in [2.24, 2.45) is 0 Å². The molecule has 0 bridgehead atoms. The minimum Gasteiger partial charge on any atom is -0.480 e. The fraction of sp³-hybridized carbons (Fsp3) is 0.273. The van der Waals surface area contributed by atoms with Crippen LogP contribution in [-0.4, -0.2) is 23.1 Å². The Morgan fingerprint density at radius 3 is 2.47 bits per heavy atom. The first-order valence-electron chi connectivity index (χ1n) is 5.10. The van der Waals surface area contributed by atoms with Crippen molar-refractivity contribution < 1.29 is 14.7 Å². The predicted octanol–water partition coefficient (Wildman–Crippen LogP) is 0.541. The van der Waals surface area contributed by atoms with Gasteiger partial charge in [-0.1, -0.05) is 12.1 Å². The molecule has 0 aliphatic rings. The summed E-state index contributed by atoms with van der Waals surface area (Å²) in [4.78, 5) is 21.8. The average molecular weight is 237 g/mol. The van der Waals surface area contributed by atoms with Crippen LogP contribution in [-0.2, 0) is 11.3 Å². The summed E-state index contributed by atoms with van der Waals surface area (Å²) in [5.41, 5.74) is 7.05. The molecule has 0 saturated carbocycles. The Morgan fingerprint density at radius 2 is 1.94 bits per heavy atom. The van der Waals surface area contributed by atoms with Crippen molar-refractivity contribution in [2.75, 3.05) is 5.73 Å².